The number of carbonyl (C=O) groups is 1. The second-order valence-electron chi connectivity index (χ2n) is 3.25. The van der Waals surface area contributed by atoms with Crippen molar-refractivity contribution in [2.24, 2.45) is 0 Å². The number of nitrogens with one attached hydrogen (secondary N) is 2. The number of nitrogens with zero attached hydrogens (tertiary/aromatic N) is 1. The first-order valence-corrected chi connectivity index (χ1v) is 5.99. The van der Waals surface area contributed by atoms with Crippen LogP contribution < -0.4 is 10.6 Å². The Bertz CT molecular complexity index is 287. The fraction of sp³-hybridized carbons (Fsp3) is 0.600. The molecule has 0 fully saturated rings. The van der Waals surface area contributed by atoms with Crippen molar-refractivity contribution in [3.05, 3.63) is 16.6 Å². The Morgan fingerprint density at radius 2 is 2.47 bits per heavy atom. The van der Waals surface area contributed by atoms with Gasteiger partial charge in [0.2, 0.25) is 5.91 Å². The molecule has 4 nitrogen and oxygen atoms in total. The van der Waals surface area contributed by atoms with Crippen LogP contribution in [0.1, 0.15) is 30.8 Å². The molecule has 1 aromatic rings. The Hall–Kier alpha value is -0.940. The second-order valence-corrected chi connectivity index (χ2v) is 4.18. The fourth-order valence-corrected chi connectivity index (χ4v) is 2.02. The van der Waals surface area contributed by atoms with Gasteiger partial charge in [0.05, 0.1) is 6.04 Å². The van der Waals surface area contributed by atoms with Gasteiger partial charge in [0.25, 0.3) is 0 Å². The Morgan fingerprint density at radius 1 is 1.67 bits per heavy atom. The lowest BCUT2D eigenvalue weighted by molar-refractivity contribution is -0.121. The summed E-state index contributed by atoms with van der Waals surface area (Å²) in [5.74, 6) is 0.0754. The average Bonchev–Trinajstić information content (AvgIpc) is 2.76. The van der Waals surface area contributed by atoms with Crippen molar-refractivity contribution in [2.75, 3.05) is 13.6 Å². The van der Waals surface area contributed by atoms with Gasteiger partial charge in [-0.15, -0.1) is 11.3 Å². The van der Waals surface area contributed by atoms with Gasteiger partial charge in [-0.3, -0.25) is 4.79 Å². The maximum atomic E-state index is 11.5. The molecule has 1 aromatic heterocycles. The molecule has 0 bridgehead atoms. The predicted octanol–water partition coefficient (Wildman–Crippen LogP) is 1.32. The van der Waals surface area contributed by atoms with Crippen LogP contribution in [0.2, 0.25) is 0 Å². The summed E-state index contributed by atoms with van der Waals surface area (Å²) in [6.07, 6.45) is 3.15. The largest absolute Gasteiger partial charge is 0.347 e. The number of aromatic nitrogens is 1. The first-order valence-electron chi connectivity index (χ1n) is 5.11. The molecule has 15 heavy (non-hydrogen) atoms. The zero-order valence-corrected chi connectivity index (χ0v) is 9.93. The van der Waals surface area contributed by atoms with Crippen LogP contribution in [-0.2, 0) is 4.79 Å². The van der Waals surface area contributed by atoms with Crippen LogP contribution in [-0.4, -0.2) is 24.5 Å². The first-order chi connectivity index (χ1) is 7.27. The molecule has 0 aliphatic carbocycles. The third-order valence-corrected chi connectivity index (χ3v) is 2.98. The minimum atomic E-state index is 0.0642. The quantitative estimate of drug-likeness (QED) is 0.770. The Kier molecular flexibility index (Phi) is 5.28. The van der Waals surface area contributed by atoms with Gasteiger partial charge in [-0.05, 0) is 13.5 Å². The number of carbonyl (C=O) groups excluding carboxylic acids is 1. The third-order valence-electron chi connectivity index (χ3n) is 2.10. The molecule has 0 aliphatic rings. The van der Waals surface area contributed by atoms with E-state index in [9.17, 15) is 4.79 Å². The fourth-order valence-electron chi connectivity index (χ4n) is 1.25. The van der Waals surface area contributed by atoms with Crippen LogP contribution in [0, 0.1) is 0 Å². The molecule has 2 N–H and O–H groups in total. The number of rotatable bonds is 6. The molecule has 5 heteroatoms. The van der Waals surface area contributed by atoms with Crippen LogP contribution in [0.4, 0.5) is 0 Å². The van der Waals surface area contributed by atoms with Gasteiger partial charge >= 0.3 is 0 Å². The molecule has 0 aromatic carbocycles. The number of hydrogen-bond acceptors (Lipinski definition) is 4. The van der Waals surface area contributed by atoms with Crippen molar-refractivity contribution < 1.29 is 4.79 Å². The lowest BCUT2D eigenvalue weighted by Gasteiger charge is -2.14. The van der Waals surface area contributed by atoms with Gasteiger partial charge in [-0.25, -0.2) is 4.98 Å². The highest BCUT2D eigenvalue weighted by atomic mass is 32.1. The smallest absolute Gasteiger partial charge is 0.221 e. The Labute approximate surface area is 94.1 Å². The summed E-state index contributed by atoms with van der Waals surface area (Å²) in [4.78, 5) is 15.7. The van der Waals surface area contributed by atoms with E-state index in [0.717, 1.165) is 11.4 Å². The normalized spacial score (nSPS) is 12.4. The van der Waals surface area contributed by atoms with Gasteiger partial charge in [0, 0.05) is 24.5 Å². The van der Waals surface area contributed by atoms with Crippen LogP contribution in [0.25, 0.3) is 0 Å². The van der Waals surface area contributed by atoms with Crippen molar-refractivity contribution in [1.82, 2.24) is 15.6 Å². The van der Waals surface area contributed by atoms with E-state index < -0.39 is 0 Å². The van der Waals surface area contributed by atoms with Crippen molar-refractivity contribution in [3.63, 3.8) is 0 Å². The minimum Gasteiger partial charge on any atom is -0.347 e. The minimum absolute atomic E-state index is 0.0642. The van der Waals surface area contributed by atoms with Crippen molar-refractivity contribution in [3.8, 4) is 0 Å². The Balaban J connectivity index is 2.44. The maximum Gasteiger partial charge on any atom is 0.221 e. The van der Waals surface area contributed by atoms with E-state index in [1.807, 2.05) is 19.4 Å². The van der Waals surface area contributed by atoms with E-state index >= 15 is 0 Å². The van der Waals surface area contributed by atoms with Gasteiger partial charge in [-0.1, -0.05) is 6.92 Å². The highest BCUT2D eigenvalue weighted by Crippen LogP contribution is 2.18. The van der Waals surface area contributed by atoms with Crippen LogP contribution in [0.15, 0.2) is 11.6 Å². The monoisotopic (exact) mass is 227 g/mol. The van der Waals surface area contributed by atoms with Gasteiger partial charge in [0.1, 0.15) is 5.01 Å². The summed E-state index contributed by atoms with van der Waals surface area (Å²) < 4.78 is 0. The summed E-state index contributed by atoms with van der Waals surface area (Å²) in [5.41, 5.74) is 0. The highest BCUT2D eigenvalue weighted by molar-refractivity contribution is 7.09. The van der Waals surface area contributed by atoms with E-state index in [4.69, 9.17) is 0 Å². The molecule has 0 aliphatic heterocycles. The Morgan fingerprint density at radius 3 is 3.00 bits per heavy atom. The average molecular weight is 227 g/mol. The van der Waals surface area contributed by atoms with E-state index in [-0.39, 0.29) is 11.9 Å². The molecule has 0 spiro atoms. The molecule has 0 saturated carbocycles. The lowest BCUT2D eigenvalue weighted by Crippen LogP contribution is -2.30. The van der Waals surface area contributed by atoms with Crippen LogP contribution in [0.5, 0.6) is 0 Å². The molecule has 0 saturated heterocycles. The first kappa shape index (κ1) is 12.1. The molecule has 1 unspecified atom stereocenters. The molecular formula is C10H17N3OS. The van der Waals surface area contributed by atoms with E-state index in [1.54, 1.807) is 17.5 Å². The predicted molar refractivity (Wildman–Crippen MR) is 61.8 cm³/mol. The summed E-state index contributed by atoms with van der Waals surface area (Å²) >= 11 is 1.58. The van der Waals surface area contributed by atoms with Crippen molar-refractivity contribution >= 4 is 17.2 Å². The summed E-state index contributed by atoms with van der Waals surface area (Å²) in [6, 6.07) is 0.0642. The molecule has 84 valence electrons. The molecular weight excluding hydrogens is 210 g/mol. The zero-order chi connectivity index (χ0) is 11.1. The van der Waals surface area contributed by atoms with E-state index in [1.165, 1.54) is 0 Å². The van der Waals surface area contributed by atoms with Crippen LogP contribution >= 0.6 is 11.3 Å². The third kappa shape index (κ3) is 3.97. The van der Waals surface area contributed by atoms with E-state index in [0.29, 0.717) is 13.0 Å². The lowest BCUT2D eigenvalue weighted by atomic mass is 10.2. The van der Waals surface area contributed by atoms with Crippen molar-refractivity contribution in [2.45, 2.75) is 25.8 Å². The molecule has 1 rings (SSSR count). The summed E-state index contributed by atoms with van der Waals surface area (Å²) in [5, 5.41) is 8.83. The van der Waals surface area contributed by atoms with E-state index in [2.05, 4.69) is 15.6 Å². The number of thiazole rings is 1. The molecule has 1 amide bonds. The number of amides is 1. The zero-order valence-electron chi connectivity index (χ0n) is 9.12. The molecule has 0 radical (unpaired) electrons. The molecule has 1 heterocycles. The van der Waals surface area contributed by atoms with Crippen molar-refractivity contribution in [1.29, 1.82) is 0 Å². The van der Waals surface area contributed by atoms with Gasteiger partial charge in [0.15, 0.2) is 0 Å². The van der Waals surface area contributed by atoms with Crippen LogP contribution in [0.3, 0.4) is 0 Å². The standard InChI is InChI=1S/C10H17N3OS/c1-3-8(10-12-6-7-15-10)13-9(14)4-5-11-2/h6-8,11H,3-5H2,1-2H3,(H,13,14). The van der Waals surface area contributed by atoms with Gasteiger partial charge < -0.3 is 10.6 Å². The number of hydrogen-bond donors (Lipinski definition) is 2. The SMILES string of the molecule is CCC(NC(=O)CCNC)c1nccs1. The maximum absolute atomic E-state index is 11.5. The summed E-state index contributed by atoms with van der Waals surface area (Å²) in [6.45, 7) is 2.75. The summed E-state index contributed by atoms with van der Waals surface area (Å²) in [7, 11) is 1.84. The highest BCUT2D eigenvalue weighted by Gasteiger charge is 2.13. The second kappa shape index (κ2) is 6.53. The topological polar surface area (TPSA) is 54.0 Å². The molecule has 1 atom stereocenters. The van der Waals surface area contributed by atoms with Gasteiger partial charge in [-0.2, -0.15) is 0 Å².